The van der Waals surface area contributed by atoms with Gasteiger partial charge in [0.05, 0.1) is 6.61 Å². The second kappa shape index (κ2) is 7.40. The van der Waals surface area contributed by atoms with Crippen molar-refractivity contribution in [3.8, 4) is 5.75 Å². The van der Waals surface area contributed by atoms with E-state index >= 15 is 0 Å². The minimum absolute atomic E-state index is 0.0862. The van der Waals surface area contributed by atoms with Crippen molar-refractivity contribution in [2.24, 2.45) is 0 Å². The Hall–Kier alpha value is -2.40. The quantitative estimate of drug-likeness (QED) is 0.851. The highest BCUT2D eigenvalue weighted by Crippen LogP contribution is 2.18. The van der Waals surface area contributed by atoms with Gasteiger partial charge in [0.2, 0.25) is 0 Å². The molecule has 2 aromatic rings. The van der Waals surface area contributed by atoms with Gasteiger partial charge in [-0.15, -0.1) is 0 Å². The summed E-state index contributed by atoms with van der Waals surface area (Å²) in [4.78, 5) is 10.3. The first-order chi connectivity index (χ1) is 10.1. The summed E-state index contributed by atoms with van der Waals surface area (Å²) in [6, 6.07) is 14.0. The van der Waals surface area contributed by atoms with Crippen LogP contribution >= 0.6 is 0 Å². The maximum absolute atomic E-state index is 13.8. The molecule has 5 heteroatoms. The Balaban J connectivity index is 1.91. The summed E-state index contributed by atoms with van der Waals surface area (Å²) in [5.41, 5.74) is 1.29. The fraction of sp³-hybridized carbons (Fsp3) is 0.188. The molecule has 0 saturated carbocycles. The predicted octanol–water partition coefficient (Wildman–Crippen LogP) is 3.01. The van der Waals surface area contributed by atoms with Gasteiger partial charge in [0.25, 0.3) is 0 Å². The van der Waals surface area contributed by atoms with Crippen molar-refractivity contribution in [1.82, 2.24) is 0 Å². The number of carbonyl (C=O) groups is 1. The third-order valence-corrected chi connectivity index (χ3v) is 2.76. The molecule has 0 radical (unpaired) electrons. The molecule has 0 aliphatic rings. The maximum atomic E-state index is 13.8. The van der Waals surface area contributed by atoms with E-state index in [4.69, 9.17) is 14.6 Å². The fourth-order valence-corrected chi connectivity index (χ4v) is 1.72. The van der Waals surface area contributed by atoms with E-state index in [2.05, 4.69) is 0 Å². The average Bonchev–Trinajstić information content (AvgIpc) is 2.48. The normalized spacial score (nSPS) is 10.3. The molecule has 0 aromatic heterocycles. The van der Waals surface area contributed by atoms with Gasteiger partial charge in [-0.2, -0.15) is 0 Å². The van der Waals surface area contributed by atoms with E-state index in [1.165, 1.54) is 12.1 Å². The number of carboxylic acids is 1. The lowest BCUT2D eigenvalue weighted by molar-refractivity contribution is -0.142. The standard InChI is InChI=1S/C16H15FO4/c17-15-8-14(21-9-12-4-2-1-3-5-12)7-6-13(15)10-20-11-16(18)19/h1-8H,9-11H2,(H,18,19). The van der Waals surface area contributed by atoms with Crippen LogP contribution in [-0.2, 0) is 22.7 Å². The number of benzene rings is 2. The van der Waals surface area contributed by atoms with E-state index in [-0.39, 0.29) is 6.61 Å². The monoisotopic (exact) mass is 290 g/mol. The Morgan fingerprint density at radius 3 is 2.52 bits per heavy atom. The number of hydrogen-bond acceptors (Lipinski definition) is 3. The van der Waals surface area contributed by atoms with Crippen LogP contribution in [0.25, 0.3) is 0 Å². The van der Waals surface area contributed by atoms with E-state index in [0.29, 0.717) is 17.9 Å². The molecule has 0 heterocycles. The molecule has 0 saturated heterocycles. The minimum Gasteiger partial charge on any atom is -0.489 e. The lowest BCUT2D eigenvalue weighted by atomic mass is 10.2. The second-order valence-electron chi connectivity index (χ2n) is 4.41. The first kappa shape index (κ1) is 15.0. The van der Waals surface area contributed by atoms with Gasteiger partial charge in [-0.1, -0.05) is 36.4 Å². The molecule has 0 bridgehead atoms. The van der Waals surface area contributed by atoms with Crippen molar-refractivity contribution in [3.05, 3.63) is 65.5 Å². The van der Waals surface area contributed by atoms with E-state index in [9.17, 15) is 9.18 Å². The molecule has 1 N–H and O–H groups in total. The van der Waals surface area contributed by atoms with E-state index in [1.54, 1.807) is 6.07 Å². The van der Waals surface area contributed by atoms with Crippen LogP contribution in [0.5, 0.6) is 5.75 Å². The molecular formula is C16H15FO4. The van der Waals surface area contributed by atoms with E-state index < -0.39 is 18.4 Å². The molecule has 0 aliphatic heterocycles. The lowest BCUT2D eigenvalue weighted by Gasteiger charge is -2.08. The SMILES string of the molecule is O=C(O)COCc1ccc(OCc2ccccc2)cc1F. The molecule has 0 spiro atoms. The summed E-state index contributed by atoms with van der Waals surface area (Å²) in [6.07, 6.45) is 0. The van der Waals surface area contributed by atoms with Crippen molar-refractivity contribution in [3.63, 3.8) is 0 Å². The van der Waals surface area contributed by atoms with Gasteiger partial charge in [-0.05, 0) is 11.6 Å². The molecule has 110 valence electrons. The summed E-state index contributed by atoms with van der Waals surface area (Å²) < 4.78 is 24.1. The number of aliphatic carboxylic acids is 1. The first-order valence-corrected chi connectivity index (χ1v) is 6.40. The van der Waals surface area contributed by atoms with Crippen LogP contribution in [-0.4, -0.2) is 17.7 Å². The number of hydrogen-bond donors (Lipinski definition) is 1. The van der Waals surface area contributed by atoms with Crippen LogP contribution in [0, 0.1) is 5.82 Å². The largest absolute Gasteiger partial charge is 0.489 e. The Labute approximate surface area is 121 Å². The zero-order chi connectivity index (χ0) is 15.1. The number of rotatable bonds is 7. The van der Waals surface area contributed by atoms with E-state index in [0.717, 1.165) is 5.56 Å². The van der Waals surface area contributed by atoms with Crippen molar-refractivity contribution in [1.29, 1.82) is 0 Å². The molecular weight excluding hydrogens is 275 g/mol. The Kier molecular flexibility index (Phi) is 5.29. The Bertz CT molecular complexity index is 598. The molecule has 0 amide bonds. The smallest absolute Gasteiger partial charge is 0.329 e. The summed E-state index contributed by atoms with van der Waals surface area (Å²) in [5, 5.41) is 8.44. The molecule has 0 fully saturated rings. The highest BCUT2D eigenvalue weighted by Gasteiger charge is 2.06. The van der Waals surface area contributed by atoms with Crippen molar-refractivity contribution >= 4 is 5.97 Å². The predicted molar refractivity (Wildman–Crippen MR) is 74.5 cm³/mol. The van der Waals surface area contributed by atoms with Crippen LogP contribution in [0.2, 0.25) is 0 Å². The zero-order valence-corrected chi connectivity index (χ0v) is 11.3. The minimum atomic E-state index is -1.08. The number of carboxylic acid groups (broad SMARTS) is 1. The molecule has 0 atom stereocenters. The Morgan fingerprint density at radius 2 is 1.86 bits per heavy atom. The lowest BCUT2D eigenvalue weighted by Crippen LogP contribution is -2.07. The summed E-state index contributed by atoms with van der Waals surface area (Å²) >= 11 is 0. The van der Waals surface area contributed by atoms with Gasteiger partial charge >= 0.3 is 5.97 Å². The Morgan fingerprint density at radius 1 is 1.10 bits per heavy atom. The van der Waals surface area contributed by atoms with Crippen molar-refractivity contribution in [2.75, 3.05) is 6.61 Å². The third kappa shape index (κ3) is 4.89. The van der Waals surface area contributed by atoms with Crippen LogP contribution < -0.4 is 4.74 Å². The fourth-order valence-electron chi connectivity index (χ4n) is 1.72. The van der Waals surface area contributed by atoms with Crippen LogP contribution in [0.1, 0.15) is 11.1 Å². The van der Waals surface area contributed by atoms with Crippen LogP contribution in [0.3, 0.4) is 0 Å². The number of ether oxygens (including phenoxy) is 2. The maximum Gasteiger partial charge on any atom is 0.329 e. The van der Waals surface area contributed by atoms with Gasteiger partial charge in [0, 0.05) is 11.6 Å². The topological polar surface area (TPSA) is 55.8 Å². The highest BCUT2D eigenvalue weighted by molar-refractivity contribution is 5.67. The van der Waals surface area contributed by atoms with E-state index in [1.807, 2.05) is 30.3 Å². The highest BCUT2D eigenvalue weighted by atomic mass is 19.1. The van der Waals surface area contributed by atoms with Crippen molar-refractivity contribution < 1.29 is 23.8 Å². The average molecular weight is 290 g/mol. The molecule has 2 rings (SSSR count). The number of halogens is 1. The van der Waals surface area contributed by atoms with Gasteiger partial charge in [-0.3, -0.25) is 0 Å². The summed E-state index contributed by atoms with van der Waals surface area (Å²) in [5.74, 6) is -1.15. The van der Waals surface area contributed by atoms with Crippen molar-refractivity contribution in [2.45, 2.75) is 13.2 Å². The van der Waals surface area contributed by atoms with Crippen LogP contribution in [0.4, 0.5) is 4.39 Å². The summed E-state index contributed by atoms with van der Waals surface area (Å²) in [6.45, 7) is -0.183. The third-order valence-electron chi connectivity index (χ3n) is 2.76. The molecule has 2 aromatic carbocycles. The van der Waals surface area contributed by atoms with Gasteiger partial charge in [-0.25, -0.2) is 9.18 Å². The van der Waals surface area contributed by atoms with Gasteiger partial charge in [0.15, 0.2) is 0 Å². The second-order valence-corrected chi connectivity index (χ2v) is 4.41. The molecule has 0 unspecified atom stereocenters. The first-order valence-electron chi connectivity index (χ1n) is 6.40. The summed E-state index contributed by atoms with van der Waals surface area (Å²) in [7, 11) is 0. The molecule has 21 heavy (non-hydrogen) atoms. The zero-order valence-electron chi connectivity index (χ0n) is 11.3. The van der Waals surface area contributed by atoms with Gasteiger partial charge < -0.3 is 14.6 Å². The van der Waals surface area contributed by atoms with Gasteiger partial charge in [0.1, 0.15) is 24.8 Å². The molecule has 4 nitrogen and oxygen atoms in total. The molecule has 0 aliphatic carbocycles. The van der Waals surface area contributed by atoms with Crippen LogP contribution in [0.15, 0.2) is 48.5 Å².